The van der Waals surface area contributed by atoms with Gasteiger partial charge < -0.3 is 14.8 Å². The lowest BCUT2D eigenvalue weighted by atomic mass is 10.0. The van der Waals surface area contributed by atoms with Crippen molar-refractivity contribution < 1.29 is 18.7 Å². The van der Waals surface area contributed by atoms with Crippen LogP contribution in [0.3, 0.4) is 0 Å². The first kappa shape index (κ1) is 16.8. The smallest absolute Gasteiger partial charge is 0.251 e. The molecule has 0 aliphatic carbocycles. The van der Waals surface area contributed by atoms with Crippen LogP contribution in [0, 0.1) is 5.82 Å². The number of nitrogens with zero attached hydrogens (tertiary/aromatic N) is 1. The highest BCUT2D eigenvalue weighted by Gasteiger charge is 2.26. The minimum atomic E-state index is -0.412. The number of benzene rings is 2. The summed E-state index contributed by atoms with van der Waals surface area (Å²) in [5.41, 5.74) is 1.41. The van der Waals surface area contributed by atoms with Crippen molar-refractivity contribution in [3.05, 3.63) is 59.4 Å². The van der Waals surface area contributed by atoms with Crippen LogP contribution in [-0.2, 0) is 0 Å². The highest BCUT2D eigenvalue weighted by molar-refractivity contribution is 5.94. The summed E-state index contributed by atoms with van der Waals surface area (Å²) >= 11 is 0. The highest BCUT2D eigenvalue weighted by atomic mass is 19.1. The van der Waals surface area contributed by atoms with Crippen molar-refractivity contribution >= 4 is 5.91 Å². The summed E-state index contributed by atoms with van der Waals surface area (Å²) in [6.07, 6.45) is 2.30. The average molecular weight is 356 g/mol. The van der Waals surface area contributed by atoms with Crippen LogP contribution in [0.15, 0.2) is 42.5 Å². The van der Waals surface area contributed by atoms with E-state index in [9.17, 15) is 9.18 Å². The van der Waals surface area contributed by atoms with E-state index in [1.54, 1.807) is 12.1 Å². The molecule has 1 amide bonds. The Morgan fingerprint density at radius 3 is 2.73 bits per heavy atom. The lowest BCUT2D eigenvalue weighted by Gasteiger charge is -2.28. The first-order valence-corrected chi connectivity index (χ1v) is 8.88. The Hall–Kier alpha value is -2.60. The molecule has 5 nitrogen and oxygen atoms in total. The molecular weight excluding hydrogens is 335 g/mol. The maximum absolute atomic E-state index is 13.4. The van der Waals surface area contributed by atoms with Gasteiger partial charge in [-0.3, -0.25) is 9.69 Å². The van der Waals surface area contributed by atoms with E-state index in [0.29, 0.717) is 12.1 Å². The second kappa shape index (κ2) is 7.33. The van der Waals surface area contributed by atoms with Crippen molar-refractivity contribution in [3.8, 4) is 11.5 Å². The Kier molecular flexibility index (Phi) is 4.75. The molecule has 2 aromatic rings. The monoisotopic (exact) mass is 356 g/mol. The molecule has 1 N–H and O–H groups in total. The Morgan fingerprint density at radius 1 is 1.12 bits per heavy atom. The fourth-order valence-electron chi connectivity index (χ4n) is 3.55. The van der Waals surface area contributed by atoms with Crippen molar-refractivity contribution in [2.75, 3.05) is 26.4 Å². The zero-order chi connectivity index (χ0) is 17.9. The summed E-state index contributed by atoms with van der Waals surface area (Å²) in [5.74, 6) is 0.805. The molecule has 0 radical (unpaired) electrons. The molecule has 1 fully saturated rings. The van der Waals surface area contributed by atoms with Crippen LogP contribution in [-0.4, -0.2) is 37.2 Å². The molecule has 2 aliphatic rings. The molecule has 1 saturated heterocycles. The van der Waals surface area contributed by atoms with Gasteiger partial charge in [0.15, 0.2) is 11.5 Å². The van der Waals surface area contributed by atoms with Gasteiger partial charge in [0.25, 0.3) is 5.91 Å². The molecule has 0 bridgehead atoms. The largest absolute Gasteiger partial charge is 0.454 e. The minimum Gasteiger partial charge on any atom is -0.454 e. The van der Waals surface area contributed by atoms with Gasteiger partial charge in [-0.15, -0.1) is 0 Å². The summed E-state index contributed by atoms with van der Waals surface area (Å²) in [6, 6.07) is 11.7. The summed E-state index contributed by atoms with van der Waals surface area (Å²) < 4.78 is 24.2. The summed E-state index contributed by atoms with van der Waals surface area (Å²) in [6.45, 7) is 2.68. The maximum Gasteiger partial charge on any atom is 0.251 e. The summed E-state index contributed by atoms with van der Waals surface area (Å²) in [4.78, 5) is 14.8. The van der Waals surface area contributed by atoms with Crippen molar-refractivity contribution in [1.82, 2.24) is 10.2 Å². The number of amides is 1. The molecule has 0 spiro atoms. The van der Waals surface area contributed by atoms with E-state index in [1.165, 1.54) is 12.1 Å². The van der Waals surface area contributed by atoms with Crippen LogP contribution < -0.4 is 14.8 Å². The van der Waals surface area contributed by atoms with E-state index in [2.05, 4.69) is 10.2 Å². The number of carbonyl (C=O) groups is 1. The number of hydrogen-bond donors (Lipinski definition) is 1. The second-order valence-electron chi connectivity index (χ2n) is 6.59. The predicted octanol–water partition coefficient (Wildman–Crippen LogP) is 3.12. The van der Waals surface area contributed by atoms with Gasteiger partial charge in [-0.2, -0.15) is 0 Å². The van der Waals surface area contributed by atoms with Crippen LogP contribution in [0.2, 0.25) is 0 Å². The standard InChI is InChI=1S/C20H21FN2O3/c21-16-5-3-4-15(10-16)20(24)22-12-17(23-8-1-2-9-23)14-6-7-18-19(11-14)26-13-25-18/h3-7,10-11,17H,1-2,8-9,12-13H2,(H,22,24). The molecule has 0 saturated carbocycles. The highest BCUT2D eigenvalue weighted by Crippen LogP contribution is 2.36. The molecule has 26 heavy (non-hydrogen) atoms. The molecule has 6 heteroatoms. The average Bonchev–Trinajstić information content (AvgIpc) is 3.33. The lowest BCUT2D eigenvalue weighted by Crippen LogP contribution is -2.36. The van der Waals surface area contributed by atoms with Gasteiger partial charge in [-0.05, 0) is 61.8 Å². The molecule has 0 aromatic heterocycles. The zero-order valence-corrected chi connectivity index (χ0v) is 14.4. The van der Waals surface area contributed by atoms with E-state index >= 15 is 0 Å². The van der Waals surface area contributed by atoms with Crippen LogP contribution in [0.4, 0.5) is 4.39 Å². The summed E-state index contributed by atoms with van der Waals surface area (Å²) in [7, 11) is 0. The van der Waals surface area contributed by atoms with Gasteiger partial charge in [0.2, 0.25) is 6.79 Å². The second-order valence-corrected chi connectivity index (χ2v) is 6.59. The van der Waals surface area contributed by atoms with Crippen LogP contribution in [0.25, 0.3) is 0 Å². The van der Waals surface area contributed by atoms with Gasteiger partial charge in [0.1, 0.15) is 5.82 Å². The van der Waals surface area contributed by atoms with E-state index in [1.807, 2.05) is 18.2 Å². The van der Waals surface area contributed by atoms with Crippen molar-refractivity contribution in [3.63, 3.8) is 0 Å². The third-order valence-electron chi connectivity index (χ3n) is 4.91. The first-order chi connectivity index (χ1) is 12.7. The topological polar surface area (TPSA) is 50.8 Å². The molecule has 4 rings (SSSR count). The van der Waals surface area contributed by atoms with Crippen molar-refractivity contribution in [2.24, 2.45) is 0 Å². The number of halogens is 1. The number of fused-ring (bicyclic) bond motifs is 1. The van der Waals surface area contributed by atoms with Gasteiger partial charge >= 0.3 is 0 Å². The van der Waals surface area contributed by atoms with Crippen molar-refractivity contribution in [1.29, 1.82) is 0 Å². The Morgan fingerprint density at radius 2 is 1.92 bits per heavy atom. The Balaban J connectivity index is 1.51. The van der Waals surface area contributed by atoms with E-state index < -0.39 is 5.82 Å². The van der Waals surface area contributed by atoms with Gasteiger partial charge in [-0.25, -0.2) is 4.39 Å². The first-order valence-electron chi connectivity index (χ1n) is 8.88. The minimum absolute atomic E-state index is 0.0458. The predicted molar refractivity (Wildman–Crippen MR) is 94.8 cm³/mol. The van der Waals surface area contributed by atoms with Gasteiger partial charge in [0, 0.05) is 12.1 Å². The normalized spacial score (nSPS) is 17.3. The lowest BCUT2D eigenvalue weighted by molar-refractivity contribution is 0.0937. The fraction of sp³-hybridized carbons (Fsp3) is 0.350. The van der Waals surface area contributed by atoms with E-state index in [-0.39, 0.29) is 18.7 Å². The number of hydrogen-bond acceptors (Lipinski definition) is 4. The van der Waals surface area contributed by atoms with Gasteiger partial charge in [0.05, 0.1) is 6.04 Å². The number of ether oxygens (including phenoxy) is 2. The number of rotatable bonds is 5. The van der Waals surface area contributed by atoms with E-state index in [0.717, 1.165) is 43.0 Å². The fourth-order valence-corrected chi connectivity index (χ4v) is 3.55. The molecule has 136 valence electrons. The van der Waals surface area contributed by atoms with Crippen LogP contribution >= 0.6 is 0 Å². The molecule has 1 atom stereocenters. The number of likely N-dealkylation sites (tertiary alicyclic amines) is 1. The van der Waals surface area contributed by atoms with E-state index in [4.69, 9.17) is 9.47 Å². The SMILES string of the molecule is O=C(NCC(c1ccc2c(c1)OCO2)N1CCCC1)c1cccc(F)c1. The molecule has 2 aliphatic heterocycles. The molecule has 2 heterocycles. The molecular formula is C20H21FN2O3. The summed E-state index contributed by atoms with van der Waals surface area (Å²) in [5, 5.41) is 2.95. The maximum atomic E-state index is 13.4. The Bertz CT molecular complexity index is 805. The number of nitrogens with one attached hydrogen (secondary N) is 1. The third kappa shape index (κ3) is 3.51. The van der Waals surface area contributed by atoms with Crippen LogP contribution in [0.5, 0.6) is 11.5 Å². The third-order valence-corrected chi connectivity index (χ3v) is 4.91. The van der Waals surface area contributed by atoms with Gasteiger partial charge in [-0.1, -0.05) is 12.1 Å². The quantitative estimate of drug-likeness (QED) is 0.894. The van der Waals surface area contributed by atoms with Crippen LogP contribution in [0.1, 0.15) is 34.8 Å². The zero-order valence-electron chi connectivity index (χ0n) is 14.4. The number of carbonyl (C=O) groups excluding carboxylic acids is 1. The molecule has 1 unspecified atom stereocenters. The Labute approximate surface area is 151 Å². The van der Waals surface area contributed by atoms with Crippen molar-refractivity contribution in [2.45, 2.75) is 18.9 Å². The molecule has 2 aromatic carbocycles.